The third-order valence-corrected chi connectivity index (χ3v) is 4.92. The minimum Gasteiger partial charge on any atom is -0.496 e. The third-order valence-electron chi connectivity index (χ3n) is 4.92. The third kappa shape index (κ3) is 3.80. The molecule has 1 N–H and O–H groups in total. The van der Waals surface area contributed by atoms with Crippen LogP contribution in [0.2, 0.25) is 0 Å². The van der Waals surface area contributed by atoms with Crippen LogP contribution in [0, 0.1) is 5.92 Å². The second kappa shape index (κ2) is 8.19. The average Bonchev–Trinajstić information content (AvgIpc) is 3.18. The molecule has 6 nitrogen and oxygen atoms in total. The first kappa shape index (κ1) is 18.2. The summed E-state index contributed by atoms with van der Waals surface area (Å²) in [6.07, 6.45) is 8.39. The van der Waals surface area contributed by atoms with Crippen LogP contribution in [0.5, 0.6) is 5.75 Å². The zero-order valence-electron chi connectivity index (χ0n) is 15.6. The van der Waals surface area contributed by atoms with E-state index in [2.05, 4.69) is 16.4 Å². The normalized spacial score (nSPS) is 20.3. The Balaban J connectivity index is 1.58. The Kier molecular flexibility index (Phi) is 5.73. The molecule has 2 aromatic rings. The number of aromatic nitrogens is 2. The Hall–Kier alpha value is -2.60. The molecule has 0 bridgehead atoms. The van der Waals surface area contributed by atoms with Gasteiger partial charge in [-0.2, -0.15) is 0 Å². The van der Waals surface area contributed by atoms with Gasteiger partial charge in [0, 0.05) is 57.5 Å². The molecule has 26 heavy (non-hydrogen) atoms. The Morgan fingerprint density at radius 2 is 2.15 bits per heavy atom. The standard InChI is InChI=1S/C20H26N4O2/c1-23-12-11-22-20(23)19-16(13-18(25)24(19)2)14-21-10-6-8-15-7-4-5-9-17(15)26-3/h4-9,11-12,16,19,21H,10,13-14H2,1-3H3/b8-6+/t16-,19+/m0/s1. The fraction of sp³-hybridized carbons (Fsp3) is 0.400. The van der Waals surface area contributed by atoms with Crippen molar-refractivity contribution in [1.29, 1.82) is 0 Å². The molecule has 0 saturated carbocycles. The van der Waals surface area contributed by atoms with Gasteiger partial charge in [-0.15, -0.1) is 0 Å². The molecule has 0 unspecified atom stereocenters. The lowest BCUT2D eigenvalue weighted by Gasteiger charge is -2.24. The molecule has 2 atom stereocenters. The highest BCUT2D eigenvalue weighted by Gasteiger charge is 2.40. The Morgan fingerprint density at radius 3 is 2.88 bits per heavy atom. The largest absolute Gasteiger partial charge is 0.496 e. The van der Waals surface area contributed by atoms with Gasteiger partial charge in [0.05, 0.1) is 13.2 Å². The summed E-state index contributed by atoms with van der Waals surface area (Å²) in [7, 11) is 5.51. The van der Waals surface area contributed by atoms with Crippen LogP contribution < -0.4 is 10.1 Å². The second-order valence-electron chi connectivity index (χ2n) is 6.61. The summed E-state index contributed by atoms with van der Waals surface area (Å²) < 4.78 is 7.34. The lowest BCUT2D eigenvalue weighted by Crippen LogP contribution is -2.31. The first-order valence-electron chi connectivity index (χ1n) is 8.85. The van der Waals surface area contributed by atoms with E-state index >= 15 is 0 Å². The van der Waals surface area contributed by atoms with Crippen LogP contribution >= 0.6 is 0 Å². The van der Waals surface area contributed by atoms with Gasteiger partial charge in [0.25, 0.3) is 0 Å². The monoisotopic (exact) mass is 354 g/mol. The van der Waals surface area contributed by atoms with Gasteiger partial charge < -0.3 is 19.5 Å². The molecule has 2 heterocycles. The van der Waals surface area contributed by atoms with E-state index in [4.69, 9.17) is 4.74 Å². The van der Waals surface area contributed by atoms with E-state index in [1.807, 2.05) is 60.1 Å². The number of aryl methyl sites for hydroxylation is 1. The van der Waals surface area contributed by atoms with Crippen LogP contribution in [-0.4, -0.2) is 47.6 Å². The van der Waals surface area contributed by atoms with Crippen molar-refractivity contribution in [2.45, 2.75) is 12.5 Å². The van der Waals surface area contributed by atoms with E-state index in [0.717, 1.165) is 30.2 Å². The average molecular weight is 354 g/mol. The van der Waals surface area contributed by atoms with Gasteiger partial charge in [-0.05, 0) is 6.07 Å². The van der Waals surface area contributed by atoms with Crippen molar-refractivity contribution in [2.24, 2.45) is 13.0 Å². The maximum atomic E-state index is 12.2. The second-order valence-corrected chi connectivity index (χ2v) is 6.61. The summed E-state index contributed by atoms with van der Waals surface area (Å²) >= 11 is 0. The SMILES string of the molecule is COc1ccccc1/C=C/CNC[C@@H]1CC(=O)N(C)[C@H]1c1nccn1C. The molecule has 1 aromatic carbocycles. The zero-order valence-corrected chi connectivity index (χ0v) is 15.6. The predicted molar refractivity (Wildman–Crippen MR) is 102 cm³/mol. The van der Waals surface area contributed by atoms with Gasteiger partial charge in [-0.3, -0.25) is 4.79 Å². The van der Waals surface area contributed by atoms with Gasteiger partial charge in [0.15, 0.2) is 0 Å². The van der Waals surface area contributed by atoms with Gasteiger partial charge in [0.1, 0.15) is 11.6 Å². The molecular formula is C20H26N4O2. The van der Waals surface area contributed by atoms with Crippen molar-refractivity contribution in [3.8, 4) is 5.75 Å². The first-order valence-corrected chi connectivity index (χ1v) is 8.85. The lowest BCUT2D eigenvalue weighted by molar-refractivity contribution is -0.127. The van der Waals surface area contributed by atoms with Crippen LogP contribution in [0.25, 0.3) is 6.08 Å². The van der Waals surface area contributed by atoms with Crippen molar-refractivity contribution < 1.29 is 9.53 Å². The van der Waals surface area contributed by atoms with Crippen molar-refractivity contribution in [3.63, 3.8) is 0 Å². The molecular weight excluding hydrogens is 328 g/mol. The maximum absolute atomic E-state index is 12.2. The molecule has 0 radical (unpaired) electrons. The van der Waals surface area contributed by atoms with Crippen LogP contribution in [0.4, 0.5) is 0 Å². The smallest absolute Gasteiger partial charge is 0.223 e. The molecule has 3 rings (SSSR count). The van der Waals surface area contributed by atoms with Crippen molar-refractivity contribution >= 4 is 12.0 Å². The summed E-state index contributed by atoms with van der Waals surface area (Å²) in [6.45, 7) is 1.50. The predicted octanol–water partition coefficient (Wildman–Crippen LogP) is 2.25. The van der Waals surface area contributed by atoms with E-state index in [-0.39, 0.29) is 17.9 Å². The number of methoxy groups -OCH3 is 1. The fourth-order valence-electron chi connectivity index (χ4n) is 3.52. The van der Waals surface area contributed by atoms with Gasteiger partial charge in [0.2, 0.25) is 5.91 Å². The van der Waals surface area contributed by atoms with E-state index < -0.39 is 0 Å². The van der Waals surface area contributed by atoms with E-state index in [0.29, 0.717) is 6.42 Å². The molecule has 0 spiro atoms. The molecule has 1 aliphatic heterocycles. The number of nitrogens with one attached hydrogen (secondary N) is 1. The van der Waals surface area contributed by atoms with E-state index in [1.54, 1.807) is 13.3 Å². The molecule has 1 amide bonds. The highest BCUT2D eigenvalue weighted by molar-refractivity contribution is 5.79. The number of rotatable bonds is 7. The molecule has 0 aliphatic carbocycles. The van der Waals surface area contributed by atoms with Gasteiger partial charge >= 0.3 is 0 Å². The number of para-hydroxylation sites is 1. The minimum absolute atomic E-state index is 0.0215. The Labute approximate surface area is 154 Å². The number of hydrogen-bond donors (Lipinski definition) is 1. The van der Waals surface area contributed by atoms with Gasteiger partial charge in [-0.1, -0.05) is 30.4 Å². The van der Waals surface area contributed by atoms with Crippen LogP contribution in [0.15, 0.2) is 42.7 Å². The highest BCUT2D eigenvalue weighted by Crippen LogP contribution is 2.35. The summed E-state index contributed by atoms with van der Waals surface area (Å²) in [5.74, 6) is 2.19. The summed E-state index contributed by atoms with van der Waals surface area (Å²) in [5, 5.41) is 3.44. The highest BCUT2D eigenvalue weighted by atomic mass is 16.5. The first-order chi connectivity index (χ1) is 12.6. The Bertz CT molecular complexity index is 784. The number of amides is 1. The van der Waals surface area contributed by atoms with Gasteiger partial charge in [-0.25, -0.2) is 4.98 Å². The molecule has 1 aromatic heterocycles. The number of likely N-dealkylation sites (tertiary alicyclic amines) is 1. The number of benzene rings is 1. The number of nitrogens with zero attached hydrogens (tertiary/aromatic N) is 3. The number of imidazole rings is 1. The summed E-state index contributed by atoms with van der Waals surface area (Å²) in [6, 6.07) is 7.95. The molecule has 1 aliphatic rings. The van der Waals surface area contributed by atoms with E-state index in [1.165, 1.54) is 0 Å². The Morgan fingerprint density at radius 1 is 1.35 bits per heavy atom. The van der Waals surface area contributed by atoms with E-state index in [9.17, 15) is 4.79 Å². The number of hydrogen-bond acceptors (Lipinski definition) is 4. The summed E-state index contributed by atoms with van der Waals surface area (Å²) in [4.78, 5) is 18.4. The van der Waals surface area contributed by atoms with Crippen molar-refractivity contribution in [1.82, 2.24) is 19.8 Å². The summed E-state index contributed by atoms with van der Waals surface area (Å²) in [5.41, 5.74) is 1.05. The molecule has 6 heteroatoms. The zero-order chi connectivity index (χ0) is 18.5. The number of carbonyl (C=O) groups is 1. The van der Waals surface area contributed by atoms with Crippen molar-refractivity contribution in [2.75, 3.05) is 27.2 Å². The topological polar surface area (TPSA) is 59.4 Å². The lowest BCUT2D eigenvalue weighted by atomic mass is 9.99. The molecule has 138 valence electrons. The number of ether oxygens (including phenoxy) is 1. The minimum atomic E-state index is 0.0215. The molecule has 1 saturated heterocycles. The van der Waals surface area contributed by atoms with Crippen LogP contribution in [0.3, 0.4) is 0 Å². The molecule has 1 fully saturated rings. The maximum Gasteiger partial charge on any atom is 0.223 e. The number of carbonyl (C=O) groups excluding carboxylic acids is 1. The quantitative estimate of drug-likeness (QED) is 0.775. The van der Waals surface area contributed by atoms with Crippen LogP contribution in [-0.2, 0) is 11.8 Å². The fourth-order valence-corrected chi connectivity index (χ4v) is 3.52. The van der Waals surface area contributed by atoms with Crippen LogP contribution in [0.1, 0.15) is 23.9 Å². The van der Waals surface area contributed by atoms with Crippen molar-refractivity contribution in [3.05, 3.63) is 54.1 Å².